The largest absolute Gasteiger partial charge is 0.366 e. The van der Waals surface area contributed by atoms with Crippen molar-refractivity contribution in [2.24, 2.45) is 5.73 Å². The average Bonchev–Trinajstić information content (AvgIpc) is 2.03. The van der Waals surface area contributed by atoms with E-state index in [1.54, 1.807) is 13.0 Å². The van der Waals surface area contributed by atoms with E-state index in [0.29, 0.717) is 11.1 Å². The van der Waals surface area contributed by atoms with Crippen LogP contribution in [0.3, 0.4) is 0 Å². The van der Waals surface area contributed by atoms with Gasteiger partial charge in [0.1, 0.15) is 6.07 Å². The van der Waals surface area contributed by atoms with E-state index in [1.165, 1.54) is 6.07 Å². The Morgan fingerprint density at radius 3 is 2.69 bits per heavy atom. The van der Waals surface area contributed by atoms with Crippen LogP contribution in [0.15, 0.2) is 12.1 Å². The van der Waals surface area contributed by atoms with Crippen LogP contribution in [0, 0.1) is 21.8 Å². The van der Waals surface area contributed by atoms with Gasteiger partial charge in [-0.15, -0.1) is 0 Å². The van der Waals surface area contributed by atoms with Gasteiger partial charge in [0.2, 0.25) is 5.91 Å². The average molecular weight is 286 g/mol. The van der Waals surface area contributed by atoms with Crippen LogP contribution in [0.25, 0.3) is 0 Å². The summed E-state index contributed by atoms with van der Waals surface area (Å²) in [4.78, 5) is 10.9. The molecule has 0 spiro atoms. The number of benzene rings is 1. The van der Waals surface area contributed by atoms with Crippen molar-refractivity contribution in [3.05, 3.63) is 32.4 Å². The van der Waals surface area contributed by atoms with Crippen molar-refractivity contribution < 1.29 is 4.79 Å². The quantitative estimate of drug-likeness (QED) is 0.796. The van der Waals surface area contributed by atoms with Crippen LogP contribution < -0.4 is 5.73 Å². The van der Waals surface area contributed by atoms with Crippen LogP contribution in [-0.4, -0.2) is 5.91 Å². The molecule has 0 aromatic heterocycles. The molecule has 4 heteroatoms. The molecule has 66 valence electrons. The number of hydrogen-bond acceptors (Lipinski definition) is 2. The van der Waals surface area contributed by atoms with Crippen molar-refractivity contribution >= 4 is 28.5 Å². The molecule has 0 bridgehead atoms. The highest BCUT2D eigenvalue weighted by molar-refractivity contribution is 14.1. The molecule has 0 saturated heterocycles. The van der Waals surface area contributed by atoms with Crippen molar-refractivity contribution in [1.82, 2.24) is 0 Å². The summed E-state index contributed by atoms with van der Waals surface area (Å²) in [5, 5.41) is 8.71. The summed E-state index contributed by atoms with van der Waals surface area (Å²) in [6.45, 7) is 1.80. The number of hydrogen-bond donors (Lipinski definition) is 1. The van der Waals surface area contributed by atoms with E-state index >= 15 is 0 Å². The molecular formula is C9H7IN2O. The third-order valence-electron chi connectivity index (χ3n) is 1.70. The first-order chi connectivity index (χ1) is 6.06. The summed E-state index contributed by atoms with van der Waals surface area (Å²) < 4.78 is 0.836. The Hall–Kier alpha value is -1.09. The molecule has 1 aromatic carbocycles. The zero-order valence-corrected chi connectivity index (χ0v) is 9.12. The van der Waals surface area contributed by atoms with Crippen LogP contribution in [0.2, 0.25) is 0 Å². The SMILES string of the molecule is Cc1cc(I)c(C#N)cc1C(N)=O. The normalized spacial score (nSPS) is 9.31. The molecule has 0 unspecified atom stereocenters. The Morgan fingerprint density at radius 2 is 2.23 bits per heavy atom. The molecule has 0 aliphatic carbocycles. The number of primary amides is 1. The lowest BCUT2D eigenvalue weighted by atomic mass is 10.1. The Bertz CT molecular complexity index is 407. The zero-order chi connectivity index (χ0) is 10.0. The molecule has 1 rings (SSSR count). The van der Waals surface area contributed by atoms with Gasteiger partial charge in [-0.2, -0.15) is 5.26 Å². The fraction of sp³-hybridized carbons (Fsp3) is 0.111. The highest BCUT2D eigenvalue weighted by Crippen LogP contribution is 2.17. The van der Waals surface area contributed by atoms with Crippen LogP contribution >= 0.6 is 22.6 Å². The molecule has 1 aromatic rings. The van der Waals surface area contributed by atoms with E-state index in [4.69, 9.17) is 11.0 Å². The number of carbonyl (C=O) groups is 1. The number of aryl methyl sites for hydroxylation is 1. The summed E-state index contributed by atoms with van der Waals surface area (Å²) in [6.07, 6.45) is 0. The molecule has 0 aliphatic heterocycles. The Balaban J connectivity index is 3.41. The van der Waals surface area contributed by atoms with Crippen molar-refractivity contribution in [3.63, 3.8) is 0 Å². The highest BCUT2D eigenvalue weighted by Gasteiger charge is 2.08. The molecule has 0 aliphatic rings. The maximum absolute atomic E-state index is 10.9. The summed E-state index contributed by atoms with van der Waals surface area (Å²) in [6, 6.07) is 5.31. The maximum atomic E-state index is 10.9. The lowest BCUT2D eigenvalue weighted by molar-refractivity contribution is 0.0999. The van der Waals surface area contributed by atoms with Crippen molar-refractivity contribution in [1.29, 1.82) is 5.26 Å². The Labute approximate surface area is 89.7 Å². The van der Waals surface area contributed by atoms with Crippen LogP contribution in [0.4, 0.5) is 0 Å². The lowest BCUT2D eigenvalue weighted by Gasteiger charge is -2.03. The molecule has 13 heavy (non-hydrogen) atoms. The fourth-order valence-electron chi connectivity index (χ4n) is 1.02. The lowest BCUT2D eigenvalue weighted by Crippen LogP contribution is -2.13. The summed E-state index contributed by atoms with van der Waals surface area (Å²) in [5.41, 5.74) is 6.84. The first-order valence-corrected chi connectivity index (χ1v) is 4.64. The number of amides is 1. The van der Waals surface area contributed by atoms with Gasteiger partial charge in [-0.05, 0) is 47.2 Å². The third kappa shape index (κ3) is 1.98. The summed E-state index contributed by atoms with van der Waals surface area (Å²) >= 11 is 2.05. The van der Waals surface area contributed by atoms with Gasteiger partial charge in [0, 0.05) is 9.13 Å². The predicted molar refractivity (Wildman–Crippen MR) is 57.1 cm³/mol. The van der Waals surface area contributed by atoms with Gasteiger partial charge in [0.05, 0.1) is 5.56 Å². The maximum Gasteiger partial charge on any atom is 0.249 e. The second-order valence-electron chi connectivity index (χ2n) is 2.62. The van der Waals surface area contributed by atoms with Crippen LogP contribution in [0.5, 0.6) is 0 Å². The monoisotopic (exact) mass is 286 g/mol. The second-order valence-corrected chi connectivity index (χ2v) is 3.79. The van der Waals surface area contributed by atoms with Gasteiger partial charge in [0.25, 0.3) is 0 Å². The standard InChI is InChI=1S/C9H7IN2O/c1-5-2-8(10)6(4-11)3-7(5)9(12)13/h2-3H,1H3,(H2,12,13). The first-order valence-electron chi connectivity index (χ1n) is 3.56. The van der Waals surface area contributed by atoms with Gasteiger partial charge in [-0.3, -0.25) is 4.79 Å². The topological polar surface area (TPSA) is 66.9 Å². The minimum absolute atomic E-state index is 0.414. The third-order valence-corrected chi connectivity index (χ3v) is 2.59. The predicted octanol–water partition coefficient (Wildman–Crippen LogP) is 1.57. The van der Waals surface area contributed by atoms with E-state index in [1.807, 2.05) is 6.07 Å². The molecule has 0 heterocycles. The van der Waals surface area contributed by atoms with E-state index in [-0.39, 0.29) is 0 Å². The van der Waals surface area contributed by atoms with E-state index < -0.39 is 5.91 Å². The number of nitrogens with zero attached hydrogens (tertiary/aromatic N) is 1. The summed E-state index contributed by atoms with van der Waals surface area (Å²) in [5.74, 6) is -0.495. The number of carbonyl (C=O) groups excluding carboxylic acids is 1. The molecule has 1 amide bonds. The fourth-order valence-corrected chi connectivity index (χ4v) is 1.77. The van der Waals surface area contributed by atoms with Gasteiger partial charge in [0.15, 0.2) is 0 Å². The minimum Gasteiger partial charge on any atom is -0.366 e. The molecule has 0 saturated carbocycles. The highest BCUT2D eigenvalue weighted by atomic mass is 127. The minimum atomic E-state index is -0.495. The van der Waals surface area contributed by atoms with Gasteiger partial charge in [-0.25, -0.2) is 0 Å². The molecule has 0 atom stereocenters. The number of rotatable bonds is 1. The van der Waals surface area contributed by atoms with Crippen molar-refractivity contribution in [3.8, 4) is 6.07 Å². The van der Waals surface area contributed by atoms with Crippen molar-refractivity contribution in [2.45, 2.75) is 6.92 Å². The first kappa shape index (κ1) is 9.99. The van der Waals surface area contributed by atoms with E-state index in [0.717, 1.165) is 9.13 Å². The van der Waals surface area contributed by atoms with E-state index in [9.17, 15) is 4.79 Å². The van der Waals surface area contributed by atoms with Gasteiger partial charge >= 0.3 is 0 Å². The van der Waals surface area contributed by atoms with Crippen molar-refractivity contribution in [2.75, 3.05) is 0 Å². The molecule has 0 radical (unpaired) electrons. The molecule has 0 fully saturated rings. The second kappa shape index (κ2) is 3.75. The van der Waals surface area contributed by atoms with Crippen LogP contribution in [-0.2, 0) is 0 Å². The smallest absolute Gasteiger partial charge is 0.249 e. The Morgan fingerprint density at radius 1 is 1.62 bits per heavy atom. The molecule has 3 nitrogen and oxygen atoms in total. The number of nitriles is 1. The van der Waals surface area contributed by atoms with Gasteiger partial charge in [-0.1, -0.05) is 0 Å². The number of halogens is 1. The Kier molecular flexibility index (Phi) is 2.88. The van der Waals surface area contributed by atoms with Crippen LogP contribution in [0.1, 0.15) is 21.5 Å². The zero-order valence-electron chi connectivity index (χ0n) is 6.97. The summed E-state index contributed by atoms with van der Waals surface area (Å²) in [7, 11) is 0. The van der Waals surface area contributed by atoms with E-state index in [2.05, 4.69) is 22.6 Å². The number of nitrogens with two attached hydrogens (primary N) is 1. The van der Waals surface area contributed by atoms with Gasteiger partial charge < -0.3 is 5.73 Å². The molecular weight excluding hydrogens is 279 g/mol. The molecule has 2 N–H and O–H groups in total.